The summed E-state index contributed by atoms with van der Waals surface area (Å²) in [5.74, 6) is -0.129. The fourth-order valence-corrected chi connectivity index (χ4v) is 0.885. The lowest BCUT2D eigenvalue weighted by molar-refractivity contribution is -0.154. The number of ether oxygens (including phenoxy) is 1. The third kappa shape index (κ3) is 21.0. The molecular formula is C13H27NO3. The van der Waals surface area contributed by atoms with Gasteiger partial charge in [0.2, 0.25) is 0 Å². The molecule has 0 aromatic heterocycles. The third-order valence-corrected chi connectivity index (χ3v) is 1.52. The molecule has 102 valence electrons. The number of rotatable bonds is 6. The van der Waals surface area contributed by atoms with Crippen molar-refractivity contribution in [1.29, 1.82) is 0 Å². The van der Waals surface area contributed by atoms with Crippen molar-refractivity contribution in [3.63, 3.8) is 0 Å². The van der Waals surface area contributed by atoms with E-state index >= 15 is 0 Å². The lowest BCUT2D eigenvalue weighted by Crippen LogP contribution is -2.27. The smallest absolute Gasteiger partial charge is 0.307 e. The second-order valence-corrected chi connectivity index (χ2v) is 4.66. The molecule has 17 heavy (non-hydrogen) atoms. The number of nitrogens with one attached hydrogen (secondary N) is 1. The molecule has 0 heterocycles. The van der Waals surface area contributed by atoms with Crippen LogP contribution in [-0.2, 0) is 14.3 Å². The van der Waals surface area contributed by atoms with E-state index in [4.69, 9.17) is 4.74 Å². The highest BCUT2D eigenvalue weighted by molar-refractivity contribution is 5.70. The summed E-state index contributed by atoms with van der Waals surface area (Å²) in [5.41, 5.74) is -0.359. The highest BCUT2D eigenvalue weighted by atomic mass is 16.6. The molecule has 0 atom stereocenters. The molecule has 0 saturated carbocycles. The zero-order valence-corrected chi connectivity index (χ0v) is 11.8. The molecule has 4 heteroatoms. The molecule has 0 amide bonds. The Morgan fingerprint density at radius 2 is 1.76 bits per heavy atom. The normalized spacial score (nSPS) is 10.2. The van der Waals surface area contributed by atoms with E-state index in [1.807, 2.05) is 27.7 Å². The molecule has 0 unspecified atom stereocenters. The Labute approximate surface area is 105 Å². The number of aldehydes is 1. The topological polar surface area (TPSA) is 55.4 Å². The van der Waals surface area contributed by atoms with Gasteiger partial charge in [-0.25, -0.2) is 0 Å². The Morgan fingerprint density at radius 1 is 1.24 bits per heavy atom. The van der Waals surface area contributed by atoms with Crippen LogP contribution in [0.5, 0.6) is 0 Å². The second-order valence-electron chi connectivity index (χ2n) is 4.66. The van der Waals surface area contributed by atoms with Crippen molar-refractivity contribution in [2.24, 2.45) is 0 Å². The zero-order chi connectivity index (χ0) is 13.7. The number of carbonyl (C=O) groups is 2. The molecule has 0 aliphatic rings. The maximum atomic E-state index is 11.2. The molecule has 0 aliphatic carbocycles. The Bertz CT molecular complexity index is 197. The molecule has 0 aliphatic heterocycles. The van der Waals surface area contributed by atoms with Crippen LogP contribution in [0.4, 0.5) is 0 Å². The van der Waals surface area contributed by atoms with Crippen molar-refractivity contribution in [3.8, 4) is 0 Å². The van der Waals surface area contributed by atoms with Gasteiger partial charge in [-0.15, -0.1) is 0 Å². The average Bonchev–Trinajstić information content (AvgIpc) is 2.22. The fourth-order valence-electron chi connectivity index (χ4n) is 0.885. The minimum Gasteiger partial charge on any atom is -0.460 e. The molecule has 1 N–H and O–H groups in total. The first kappa shape index (κ1) is 18.5. The summed E-state index contributed by atoms with van der Waals surface area (Å²) in [6, 6.07) is 0. The molecule has 0 bridgehead atoms. The predicted molar refractivity (Wildman–Crippen MR) is 70.0 cm³/mol. The van der Waals surface area contributed by atoms with Crippen molar-refractivity contribution in [1.82, 2.24) is 5.32 Å². The van der Waals surface area contributed by atoms with E-state index in [-0.39, 0.29) is 11.6 Å². The monoisotopic (exact) mass is 245 g/mol. The minimum atomic E-state index is -0.359. The van der Waals surface area contributed by atoms with E-state index < -0.39 is 0 Å². The maximum Gasteiger partial charge on any atom is 0.307 e. The van der Waals surface area contributed by atoms with E-state index in [9.17, 15) is 9.59 Å². The number of hydrogen-bond donors (Lipinski definition) is 1. The average molecular weight is 245 g/mol. The van der Waals surface area contributed by atoms with Gasteiger partial charge >= 0.3 is 5.97 Å². The Morgan fingerprint density at radius 3 is 2.12 bits per heavy atom. The van der Waals surface area contributed by atoms with Gasteiger partial charge < -0.3 is 14.8 Å². The Balaban J connectivity index is 0. The van der Waals surface area contributed by atoms with Gasteiger partial charge in [0.15, 0.2) is 0 Å². The van der Waals surface area contributed by atoms with Crippen molar-refractivity contribution >= 4 is 12.3 Å². The van der Waals surface area contributed by atoms with Crippen LogP contribution >= 0.6 is 0 Å². The summed E-state index contributed by atoms with van der Waals surface area (Å²) in [5, 5.41) is 3.15. The van der Waals surface area contributed by atoms with Crippen LogP contribution in [0.25, 0.3) is 0 Å². The highest BCUT2D eigenvalue weighted by Gasteiger charge is 2.15. The largest absolute Gasteiger partial charge is 0.460 e. The first-order valence-electron chi connectivity index (χ1n) is 6.23. The number of esters is 1. The van der Waals surface area contributed by atoms with E-state index in [0.29, 0.717) is 19.4 Å². The van der Waals surface area contributed by atoms with Crippen LogP contribution in [0.15, 0.2) is 0 Å². The molecule has 4 nitrogen and oxygen atoms in total. The molecule has 0 saturated heterocycles. The SMILES string of the molecule is CCC=O.CCCNCCC(=O)OC(C)(C)C. The number of hydrogen-bond acceptors (Lipinski definition) is 4. The molecular weight excluding hydrogens is 218 g/mol. The lowest BCUT2D eigenvalue weighted by atomic mass is 10.2. The summed E-state index contributed by atoms with van der Waals surface area (Å²) >= 11 is 0. The van der Waals surface area contributed by atoms with Crippen LogP contribution < -0.4 is 5.32 Å². The Hall–Kier alpha value is -0.900. The lowest BCUT2D eigenvalue weighted by Gasteiger charge is -2.19. The summed E-state index contributed by atoms with van der Waals surface area (Å²) in [4.78, 5) is 20.3. The van der Waals surface area contributed by atoms with E-state index in [2.05, 4.69) is 12.2 Å². The van der Waals surface area contributed by atoms with Gasteiger partial charge in [0.25, 0.3) is 0 Å². The van der Waals surface area contributed by atoms with Gasteiger partial charge in [0.1, 0.15) is 11.9 Å². The van der Waals surface area contributed by atoms with Crippen molar-refractivity contribution < 1.29 is 14.3 Å². The second kappa shape index (κ2) is 11.6. The summed E-state index contributed by atoms with van der Waals surface area (Å²) in [6.45, 7) is 11.2. The third-order valence-electron chi connectivity index (χ3n) is 1.52. The summed E-state index contributed by atoms with van der Waals surface area (Å²) in [6.07, 6.45) is 3.06. The van der Waals surface area contributed by atoms with Gasteiger partial charge in [-0.05, 0) is 33.7 Å². The first-order valence-corrected chi connectivity index (χ1v) is 6.23. The molecule has 0 spiro atoms. The molecule has 0 aromatic rings. The molecule has 0 rings (SSSR count). The van der Waals surface area contributed by atoms with Gasteiger partial charge in [0.05, 0.1) is 6.42 Å². The maximum absolute atomic E-state index is 11.2. The van der Waals surface area contributed by atoms with Crippen molar-refractivity contribution in [2.75, 3.05) is 13.1 Å². The molecule has 0 radical (unpaired) electrons. The highest BCUT2D eigenvalue weighted by Crippen LogP contribution is 2.07. The van der Waals surface area contributed by atoms with E-state index in [1.54, 1.807) is 0 Å². The Kier molecular flexibility index (Phi) is 12.6. The molecule has 0 fully saturated rings. The van der Waals surface area contributed by atoms with Gasteiger partial charge in [-0.2, -0.15) is 0 Å². The summed E-state index contributed by atoms with van der Waals surface area (Å²) < 4.78 is 5.14. The quantitative estimate of drug-likeness (QED) is 0.443. The summed E-state index contributed by atoms with van der Waals surface area (Å²) in [7, 11) is 0. The van der Waals surface area contributed by atoms with Crippen molar-refractivity contribution in [3.05, 3.63) is 0 Å². The van der Waals surface area contributed by atoms with E-state index in [0.717, 1.165) is 19.3 Å². The van der Waals surface area contributed by atoms with Crippen LogP contribution in [0.2, 0.25) is 0 Å². The minimum absolute atomic E-state index is 0.129. The van der Waals surface area contributed by atoms with Gasteiger partial charge in [-0.3, -0.25) is 4.79 Å². The standard InChI is InChI=1S/C10H21NO2.C3H6O/c1-5-7-11-8-6-9(12)13-10(2,3)4;1-2-3-4/h11H,5-8H2,1-4H3;3H,2H2,1H3. The van der Waals surface area contributed by atoms with Crippen LogP contribution in [0.1, 0.15) is 53.9 Å². The van der Waals surface area contributed by atoms with Crippen molar-refractivity contribution in [2.45, 2.75) is 59.5 Å². The van der Waals surface area contributed by atoms with Gasteiger partial charge in [0, 0.05) is 13.0 Å². The fraction of sp³-hybridized carbons (Fsp3) is 0.846. The first-order chi connectivity index (χ1) is 7.87. The van der Waals surface area contributed by atoms with Crippen LogP contribution in [0.3, 0.4) is 0 Å². The predicted octanol–water partition coefficient (Wildman–Crippen LogP) is 2.31. The number of carbonyl (C=O) groups excluding carboxylic acids is 2. The van der Waals surface area contributed by atoms with Crippen LogP contribution in [0, 0.1) is 0 Å². The van der Waals surface area contributed by atoms with Crippen LogP contribution in [-0.4, -0.2) is 30.9 Å². The van der Waals surface area contributed by atoms with E-state index in [1.165, 1.54) is 0 Å². The van der Waals surface area contributed by atoms with Gasteiger partial charge in [-0.1, -0.05) is 13.8 Å². The molecule has 0 aromatic carbocycles. The zero-order valence-electron chi connectivity index (χ0n) is 11.8.